The molecule has 4 rings (SSSR count). The first-order valence-corrected chi connectivity index (χ1v) is 11.5. The van der Waals surface area contributed by atoms with Crippen LogP contribution in [0, 0.1) is 34.6 Å². The van der Waals surface area contributed by atoms with Crippen LogP contribution in [0.2, 0.25) is 0 Å². The Labute approximate surface area is 182 Å². The number of rotatable bonds is 5. The maximum absolute atomic E-state index is 13.6. The monoisotopic (exact) mass is 422 g/mol. The molecule has 1 aliphatic rings. The number of aromatic nitrogens is 1. The van der Waals surface area contributed by atoms with E-state index in [0.717, 1.165) is 40.4 Å². The van der Waals surface area contributed by atoms with Gasteiger partial charge in [-0.3, -0.25) is 9.69 Å². The molecule has 0 radical (unpaired) electrons. The summed E-state index contributed by atoms with van der Waals surface area (Å²) < 4.78 is 7.02. The lowest BCUT2D eigenvalue weighted by atomic mass is 9.97. The standard InChI is InChI=1S/C25H30N2O2S/c1-15-9-17(3)21(18(4)10-15)13-23(28)27(14-20-7-6-8-29-20)25-26-22-12-16(2)11-19(5)24(22)30-25/h9-12,20H,6-8,13-14H2,1-5H3. The summed E-state index contributed by atoms with van der Waals surface area (Å²) in [6, 6.07) is 8.59. The predicted octanol–water partition coefficient (Wildman–Crippen LogP) is 5.59. The zero-order chi connectivity index (χ0) is 21.4. The molecule has 4 nitrogen and oxygen atoms in total. The first-order valence-electron chi connectivity index (χ1n) is 10.7. The molecular formula is C25H30N2O2S. The van der Waals surface area contributed by atoms with Crippen molar-refractivity contribution in [2.75, 3.05) is 18.1 Å². The number of nitrogens with zero attached hydrogens (tertiary/aromatic N) is 2. The van der Waals surface area contributed by atoms with Crippen LogP contribution in [0.4, 0.5) is 5.13 Å². The third kappa shape index (κ3) is 4.28. The van der Waals surface area contributed by atoms with Crippen molar-refractivity contribution in [3.63, 3.8) is 0 Å². The van der Waals surface area contributed by atoms with Crippen molar-refractivity contribution in [3.05, 3.63) is 57.6 Å². The van der Waals surface area contributed by atoms with Crippen LogP contribution in [0.15, 0.2) is 24.3 Å². The van der Waals surface area contributed by atoms with Gasteiger partial charge in [-0.15, -0.1) is 0 Å². The Morgan fingerprint density at radius 1 is 1.07 bits per heavy atom. The summed E-state index contributed by atoms with van der Waals surface area (Å²) in [4.78, 5) is 20.3. The summed E-state index contributed by atoms with van der Waals surface area (Å²) in [5.74, 6) is 0.0917. The van der Waals surface area contributed by atoms with E-state index in [1.807, 2.05) is 4.90 Å². The SMILES string of the molecule is Cc1cc(C)c(CC(=O)N(CC2CCCO2)c2nc3cc(C)cc(C)c3s2)c(C)c1. The molecular weight excluding hydrogens is 392 g/mol. The van der Waals surface area contributed by atoms with Gasteiger partial charge >= 0.3 is 0 Å². The van der Waals surface area contributed by atoms with Gasteiger partial charge in [0.05, 0.1) is 29.3 Å². The quantitative estimate of drug-likeness (QED) is 0.538. The third-order valence-electron chi connectivity index (χ3n) is 5.92. The maximum atomic E-state index is 13.6. The summed E-state index contributed by atoms with van der Waals surface area (Å²) in [5.41, 5.74) is 8.08. The number of ether oxygens (including phenoxy) is 1. The Morgan fingerprint density at radius 3 is 2.40 bits per heavy atom. The van der Waals surface area contributed by atoms with E-state index in [1.54, 1.807) is 11.3 Å². The Morgan fingerprint density at radius 2 is 1.73 bits per heavy atom. The van der Waals surface area contributed by atoms with E-state index in [9.17, 15) is 4.79 Å². The molecule has 1 fully saturated rings. The van der Waals surface area contributed by atoms with Crippen LogP contribution >= 0.6 is 11.3 Å². The molecule has 5 heteroatoms. The van der Waals surface area contributed by atoms with E-state index >= 15 is 0 Å². The minimum Gasteiger partial charge on any atom is -0.376 e. The lowest BCUT2D eigenvalue weighted by Crippen LogP contribution is -2.38. The van der Waals surface area contributed by atoms with E-state index in [-0.39, 0.29) is 12.0 Å². The number of benzene rings is 2. The van der Waals surface area contributed by atoms with Crippen molar-refractivity contribution in [2.45, 2.75) is 60.0 Å². The largest absolute Gasteiger partial charge is 0.376 e. The van der Waals surface area contributed by atoms with Gasteiger partial charge in [-0.2, -0.15) is 0 Å². The van der Waals surface area contributed by atoms with Gasteiger partial charge in [0.15, 0.2) is 5.13 Å². The van der Waals surface area contributed by atoms with E-state index in [4.69, 9.17) is 9.72 Å². The normalized spacial score (nSPS) is 16.4. The average Bonchev–Trinajstić information content (AvgIpc) is 3.32. The zero-order valence-electron chi connectivity index (χ0n) is 18.5. The van der Waals surface area contributed by atoms with Gasteiger partial charge in [-0.05, 0) is 81.3 Å². The second-order valence-electron chi connectivity index (χ2n) is 8.62. The van der Waals surface area contributed by atoms with E-state index in [1.165, 1.54) is 27.8 Å². The van der Waals surface area contributed by atoms with Crippen LogP contribution in [-0.2, 0) is 16.0 Å². The molecule has 1 amide bonds. The van der Waals surface area contributed by atoms with Crippen molar-refractivity contribution < 1.29 is 9.53 Å². The molecule has 30 heavy (non-hydrogen) atoms. The van der Waals surface area contributed by atoms with Crippen LogP contribution in [0.3, 0.4) is 0 Å². The average molecular weight is 423 g/mol. The fourth-order valence-corrected chi connectivity index (χ4v) is 5.54. The van der Waals surface area contributed by atoms with Crippen molar-refractivity contribution in [1.82, 2.24) is 4.98 Å². The summed E-state index contributed by atoms with van der Waals surface area (Å²) in [6.45, 7) is 11.8. The minimum atomic E-state index is 0.0870. The molecule has 1 atom stereocenters. The highest BCUT2D eigenvalue weighted by atomic mass is 32.1. The third-order valence-corrected chi connectivity index (χ3v) is 7.15. The van der Waals surface area contributed by atoms with Crippen molar-refractivity contribution >= 4 is 32.6 Å². The molecule has 0 aliphatic carbocycles. The number of carbonyl (C=O) groups excluding carboxylic acids is 1. The topological polar surface area (TPSA) is 42.4 Å². The molecule has 0 bridgehead atoms. The van der Waals surface area contributed by atoms with Crippen molar-refractivity contribution in [3.8, 4) is 0 Å². The van der Waals surface area contributed by atoms with Crippen LogP contribution in [-0.4, -0.2) is 30.1 Å². The first kappa shape index (κ1) is 21.0. The maximum Gasteiger partial charge on any atom is 0.233 e. The number of aryl methyl sites for hydroxylation is 5. The summed E-state index contributed by atoms with van der Waals surface area (Å²) >= 11 is 1.61. The molecule has 1 aliphatic heterocycles. The number of hydrogen-bond donors (Lipinski definition) is 0. The van der Waals surface area contributed by atoms with Gasteiger partial charge in [-0.25, -0.2) is 4.98 Å². The number of thiazole rings is 1. The fraction of sp³-hybridized carbons (Fsp3) is 0.440. The van der Waals surface area contributed by atoms with Crippen LogP contribution in [0.25, 0.3) is 10.2 Å². The van der Waals surface area contributed by atoms with Gasteiger partial charge in [0.25, 0.3) is 0 Å². The number of hydrogen-bond acceptors (Lipinski definition) is 4. The van der Waals surface area contributed by atoms with Crippen LogP contribution < -0.4 is 4.90 Å². The van der Waals surface area contributed by atoms with Gasteiger partial charge in [0.2, 0.25) is 5.91 Å². The molecule has 2 aromatic carbocycles. The highest BCUT2D eigenvalue weighted by molar-refractivity contribution is 7.22. The van der Waals surface area contributed by atoms with Gasteiger partial charge < -0.3 is 4.74 Å². The van der Waals surface area contributed by atoms with Crippen LogP contribution in [0.5, 0.6) is 0 Å². The van der Waals surface area contributed by atoms with E-state index in [2.05, 4.69) is 58.9 Å². The van der Waals surface area contributed by atoms with Crippen molar-refractivity contribution in [1.29, 1.82) is 0 Å². The Hall–Kier alpha value is -2.24. The first-order chi connectivity index (χ1) is 14.3. The molecule has 0 N–H and O–H groups in total. The molecule has 2 heterocycles. The lowest BCUT2D eigenvalue weighted by Gasteiger charge is -2.24. The highest BCUT2D eigenvalue weighted by Gasteiger charge is 2.27. The summed E-state index contributed by atoms with van der Waals surface area (Å²) in [7, 11) is 0. The number of amides is 1. The smallest absolute Gasteiger partial charge is 0.233 e. The van der Waals surface area contributed by atoms with E-state index < -0.39 is 0 Å². The predicted molar refractivity (Wildman–Crippen MR) is 125 cm³/mol. The lowest BCUT2D eigenvalue weighted by molar-refractivity contribution is -0.118. The molecule has 3 aromatic rings. The molecule has 158 valence electrons. The van der Waals surface area contributed by atoms with Gasteiger partial charge in [0.1, 0.15) is 0 Å². The number of carbonyl (C=O) groups is 1. The Bertz CT molecular complexity index is 1070. The number of anilines is 1. The second kappa shape index (κ2) is 8.48. The molecule has 1 saturated heterocycles. The summed E-state index contributed by atoms with van der Waals surface area (Å²) in [5, 5.41) is 0.779. The molecule has 1 aromatic heterocycles. The Balaban J connectivity index is 1.69. The fourth-order valence-electron chi connectivity index (χ4n) is 4.49. The second-order valence-corrected chi connectivity index (χ2v) is 9.60. The Kier molecular flexibility index (Phi) is 5.94. The highest BCUT2D eigenvalue weighted by Crippen LogP contribution is 2.33. The van der Waals surface area contributed by atoms with Crippen LogP contribution in [0.1, 0.15) is 46.2 Å². The molecule has 0 spiro atoms. The van der Waals surface area contributed by atoms with Gasteiger partial charge in [0, 0.05) is 6.61 Å². The van der Waals surface area contributed by atoms with E-state index in [0.29, 0.717) is 13.0 Å². The minimum absolute atomic E-state index is 0.0870. The van der Waals surface area contributed by atoms with Crippen molar-refractivity contribution in [2.24, 2.45) is 0 Å². The summed E-state index contributed by atoms with van der Waals surface area (Å²) in [6.07, 6.45) is 2.53. The number of fused-ring (bicyclic) bond motifs is 1. The zero-order valence-corrected chi connectivity index (χ0v) is 19.4. The molecule has 1 unspecified atom stereocenters. The van der Waals surface area contributed by atoms with Gasteiger partial charge in [-0.1, -0.05) is 35.1 Å². The molecule has 0 saturated carbocycles.